The van der Waals surface area contributed by atoms with Crippen molar-refractivity contribution in [3.05, 3.63) is 89.8 Å². The first kappa shape index (κ1) is 17.1. The molecule has 6 heteroatoms. The summed E-state index contributed by atoms with van der Waals surface area (Å²) >= 11 is 1.46. The van der Waals surface area contributed by atoms with Gasteiger partial charge in [0, 0.05) is 41.6 Å². The average molecular weight is 372 g/mol. The molecule has 0 aliphatic carbocycles. The van der Waals surface area contributed by atoms with Crippen LogP contribution in [0.1, 0.15) is 16.1 Å². The molecule has 0 bridgehead atoms. The molecule has 1 aromatic carbocycles. The van der Waals surface area contributed by atoms with Crippen LogP contribution in [0.15, 0.2) is 78.6 Å². The number of carbonyl (C=O) groups excluding carboxylic acids is 1. The molecular formula is C21H16N4OS. The molecule has 0 saturated carbocycles. The molecular weight excluding hydrogens is 356 g/mol. The molecule has 0 radical (unpaired) electrons. The van der Waals surface area contributed by atoms with Crippen LogP contribution in [0.25, 0.3) is 21.8 Å². The molecule has 27 heavy (non-hydrogen) atoms. The third-order valence-electron chi connectivity index (χ3n) is 4.01. The van der Waals surface area contributed by atoms with Crippen molar-refractivity contribution >= 4 is 17.2 Å². The zero-order valence-electron chi connectivity index (χ0n) is 14.4. The van der Waals surface area contributed by atoms with Crippen molar-refractivity contribution in [2.75, 3.05) is 0 Å². The van der Waals surface area contributed by atoms with E-state index in [0.717, 1.165) is 27.4 Å². The zero-order valence-corrected chi connectivity index (χ0v) is 15.2. The standard InChI is InChI=1S/C21H16N4OS/c26-20(19-14-27-21(25-19)17-4-2-1-3-5-17)24-13-15-6-11-23-18(12-15)16-7-9-22-10-8-16/h1-12,14H,13H2,(H,24,26). The lowest BCUT2D eigenvalue weighted by molar-refractivity contribution is 0.0946. The maximum absolute atomic E-state index is 12.4. The fourth-order valence-electron chi connectivity index (χ4n) is 2.63. The summed E-state index contributed by atoms with van der Waals surface area (Å²) in [4.78, 5) is 25.3. The number of pyridine rings is 2. The summed E-state index contributed by atoms with van der Waals surface area (Å²) in [5, 5.41) is 5.55. The highest BCUT2D eigenvalue weighted by molar-refractivity contribution is 7.13. The van der Waals surface area contributed by atoms with Gasteiger partial charge in [-0.15, -0.1) is 11.3 Å². The second kappa shape index (κ2) is 7.88. The Bertz CT molecular complexity index is 1050. The maximum Gasteiger partial charge on any atom is 0.271 e. The Balaban J connectivity index is 1.43. The molecule has 4 aromatic rings. The topological polar surface area (TPSA) is 67.8 Å². The van der Waals surface area contributed by atoms with E-state index in [1.165, 1.54) is 11.3 Å². The van der Waals surface area contributed by atoms with Gasteiger partial charge < -0.3 is 5.32 Å². The van der Waals surface area contributed by atoms with Crippen molar-refractivity contribution in [1.82, 2.24) is 20.3 Å². The highest BCUT2D eigenvalue weighted by Crippen LogP contribution is 2.23. The van der Waals surface area contributed by atoms with Crippen LogP contribution in [0, 0.1) is 0 Å². The van der Waals surface area contributed by atoms with Crippen LogP contribution < -0.4 is 5.32 Å². The largest absolute Gasteiger partial charge is 0.347 e. The van der Waals surface area contributed by atoms with E-state index >= 15 is 0 Å². The Labute approximate surface area is 160 Å². The molecule has 0 spiro atoms. The van der Waals surface area contributed by atoms with Gasteiger partial charge in [-0.2, -0.15) is 0 Å². The number of aromatic nitrogens is 3. The third kappa shape index (κ3) is 4.07. The summed E-state index contributed by atoms with van der Waals surface area (Å²) in [6, 6.07) is 17.5. The van der Waals surface area contributed by atoms with Crippen LogP contribution in [-0.2, 0) is 6.54 Å². The second-order valence-electron chi connectivity index (χ2n) is 5.87. The van der Waals surface area contributed by atoms with E-state index in [2.05, 4.69) is 20.3 Å². The Morgan fingerprint density at radius 2 is 1.78 bits per heavy atom. The van der Waals surface area contributed by atoms with Gasteiger partial charge in [-0.1, -0.05) is 30.3 Å². The Morgan fingerprint density at radius 3 is 2.59 bits per heavy atom. The number of thiazole rings is 1. The lowest BCUT2D eigenvalue weighted by Crippen LogP contribution is -2.23. The van der Waals surface area contributed by atoms with Crippen molar-refractivity contribution < 1.29 is 4.79 Å². The Kier molecular flexibility index (Phi) is 4.98. The van der Waals surface area contributed by atoms with Gasteiger partial charge >= 0.3 is 0 Å². The highest BCUT2D eigenvalue weighted by atomic mass is 32.1. The molecule has 3 aromatic heterocycles. The van der Waals surface area contributed by atoms with E-state index < -0.39 is 0 Å². The molecule has 5 nitrogen and oxygen atoms in total. The Morgan fingerprint density at radius 1 is 0.963 bits per heavy atom. The number of nitrogens with zero attached hydrogens (tertiary/aromatic N) is 3. The van der Waals surface area contributed by atoms with Crippen molar-refractivity contribution in [3.63, 3.8) is 0 Å². The van der Waals surface area contributed by atoms with E-state index in [9.17, 15) is 4.79 Å². The van der Waals surface area contributed by atoms with Crippen LogP contribution in [0.5, 0.6) is 0 Å². The van der Waals surface area contributed by atoms with Gasteiger partial charge in [0.25, 0.3) is 5.91 Å². The minimum Gasteiger partial charge on any atom is -0.347 e. The predicted octanol–water partition coefficient (Wildman–Crippen LogP) is 4.20. The van der Waals surface area contributed by atoms with Crippen LogP contribution in [-0.4, -0.2) is 20.9 Å². The molecule has 0 unspecified atom stereocenters. The summed E-state index contributed by atoms with van der Waals surface area (Å²) in [5.41, 5.74) is 4.26. The van der Waals surface area contributed by atoms with Crippen LogP contribution in [0.4, 0.5) is 0 Å². The number of benzene rings is 1. The lowest BCUT2D eigenvalue weighted by Gasteiger charge is -2.06. The number of amides is 1. The van der Waals surface area contributed by atoms with E-state index in [-0.39, 0.29) is 5.91 Å². The van der Waals surface area contributed by atoms with Gasteiger partial charge in [0.1, 0.15) is 10.7 Å². The smallest absolute Gasteiger partial charge is 0.271 e. The molecule has 0 aliphatic rings. The van der Waals surface area contributed by atoms with E-state index in [1.807, 2.05) is 54.6 Å². The van der Waals surface area contributed by atoms with Crippen molar-refractivity contribution in [2.24, 2.45) is 0 Å². The average Bonchev–Trinajstić information content (AvgIpc) is 3.24. The summed E-state index contributed by atoms with van der Waals surface area (Å²) < 4.78 is 0. The number of hydrogen-bond acceptors (Lipinski definition) is 5. The zero-order chi connectivity index (χ0) is 18.5. The lowest BCUT2D eigenvalue weighted by atomic mass is 10.1. The van der Waals surface area contributed by atoms with Gasteiger partial charge in [0.15, 0.2) is 0 Å². The molecule has 0 aliphatic heterocycles. The molecule has 132 valence electrons. The van der Waals surface area contributed by atoms with Gasteiger partial charge in [-0.3, -0.25) is 14.8 Å². The predicted molar refractivity (Wildman–Crippen MR) is 106 cm³/mol. The number of hydrogen-bond donors (Lipinski definition) is 1. The first-order valence-corrected chi connectivity index (χ1v) is 9.32. The van der Waals surface area contributed by atoms with Crippen LogP contribution in [0.2, 0.25) is 0 Å². The van der Waals surface area contributed by atoms with Crippen molar-refractivity contribution in [3.8, 4) is 21.8 Å². The minimum atomic E-state index is -0.185. The fourth-order valence-corrected chi connectivity index (χ4v) is 3.44. The van der Waals surface area contributed by atoms with Crippen LogP contribution in [0.3, 0.4) is 0 Å². The minimum absolute atomic E-state index is 0.185. The molecule has 0 fully saturated rings. The summed E-state index contributed by atoms with van der Waals surface area (Å²) in [7, 11) is 0. The normalized spacial score (nSPS) is 10.5. The molecule has 1 amide bonds. The van der Waals surface area contributed by atoms with Crippen molar-refractivity contribution in [2.45, 2.75) is 6.54 Å². The monoisotopic (exact) mass is 372 g/mol. The number of rotatable bonds is 5. The van der Waals surface area contributed by atoms with E-state index in [0.29, 0.717) is 12.2 Å². The van der Waals surface area contributed by atoms with Crippen molar-refractivity contribution in [1.29, 1.82) is 0 Å². The fraction of sp³-hybridized carbons (Fsp3) is 0.0476. The summed E-state index contributed by atoms with van der Waals surface area (Å²) in [6.07, 6.45) is 5.21. The van der Waals surface area contributed by atoms with Gasteiger partial charge in [-0.25, -0.2) is 4.98 Å². The van der Waals surface area contributed by atoms with E-state index in [1.54, 1.807) is 24.0 Å². The maximum atomic E-state index is 12.4. The summed E-state index contributed by atoms with van der Waals surface area (Å²) in [5.74, 6) is -0.185. The first-order chi connectivity index (χ1) is 13.3. The number of nitrogens with one attached hydrogen (secondary N) is 1. The van der Waals surface area contributed by atoms with Gasteiger partial charge in [-0.05, 0) is 29.8 Å². The highest BCUT2D eigenvalue weighted by Gasteiger charge is 2.11. The van der Waals surface area contributed by atoms with Crippen LogP contribution >= 0.6 is 11.3 Å². The molecule has 0 atom stereocenters. The van der Waals surface area contributed by atoms with Gasteiger partial charge in [0.2, 0.25) is 0 Å². The number of carbonyl (C=O) groups is 1. The first-order valence-electron chi connectivity index (χ1n) is 8.44. The SMILES string of the molecule is O=C(NCc1ccnc(-c2ccncc2)c1)c1csc(-c2ccccc2)n1. The Hall–Kier alpha value is -3.38. The quantitative estimate of drug-likeness (QED) is 0.570. The summed E-state index contributed by atoms with van der Waals surface area (Å²) in [6.45, 7) is 0.414. The molecule has 1 N–H and O–H groups in total. The third-order valence-corrected chi connectivity index (χ3v) is 4.90. The van der Waals surface area contributed by atoms with E-state index in [4.69, 9.17) is 0 Å². The second-order valence-corrected chi connectivity index (χ2v) is 6.73. The molecule has 0 saturated heterocycles. The molecule has 4 rings (SSSR count). The molecule has 3 heterocycles. The van der Waals surface area contributed by atoms with Gasteiger partial charge in [0.05, 0.1) is 5.69 Å².